The summed E-state index contributed by atoms with van der Waals surface area (Å²) in [6.07, 6.45) is 14.3. The van der Waals surface area contributed by atoms with Gasteiger partial charge in [-0.3, -0.25) is 0 Å². The van der Waals surface area contributed by atoms with Gasteiger partial charge in [0, 0.05) is 0 Å². The molecule has 0 fully saturated rings. The molecule has 0 heterocycles. The van der Waals surface area contributed by atoms with Crippen molar-refractivity contribution in [1.29, 1.82) is 0 Å². The van der Waals surface area contributed by atoms with Crippen molar-refractivity contribution >= 4 is 16.4 Å². The van der Waals surface area contributed by atoms with E-state index in [1.165, 1.54) is 57.8 Å². The van der Waals surface area contributed by atoms with E-state index in [2.05, 4.69) is 6.92 Å². The second-order valence-electron chi connectivity index (χ2n) is 5.13. The minimum atomic E-state index is -4.64. The molecule has 22 heavy (non-hydrogen) atoms. The van der Waals surface area contributed by atoms with Gasteiger partial charge in [0.25, 0.3) is 0 Å². The van der Waals surface area contributed by atoms with E-state index in [0.29, 0.717) is 6.61 Å². The zero-order valence-corrected chi connectivity index (χ0v) is 15.2. The molecule has 0 radical (unpaired) electrons. The molecule has 0 rings (SSSR count). The third-order valence-corrected chi connectivity index (χ3v) is 3.37. The lowest BCUT2D eigenvalue weighted by atomic mass is 10.1. The standard InChI is InChI=1S/C13H29O3P.H3O4P/c1-2-3-4-5-6-7-8-9-10-11-12-13-16-17(14)15;1-5(2,3)4/h14-15H,2-13H2,1H3;(H3,1,2,3,4). The lowest BCUT2D eigenvalue weighted by Gasteiger charge is -2.04. The van der Waals surface area contributed by atoms with E-state index in [4.69, 9.17) is 33.6 Å². The fourth-order valence-corrected chi connectivity index (χ4v) is 2.20. The zero-order chi connectivity index (χ0) is 17.3. The van der Waals surface area contributed by atoms with Crippen LogP contribution >= 0.6 is 16.4 Å². The zero-order valence-electron chi connectivity index (χ0n) is 13.4. The highest BCUT2D eigenvalue weighted by molar-refractivity contribution is 7.45. The normalized spacial score (nSPS) is 11.4. The van der Waals surface area contributed by atoms with Crippen molar-refractivity contribution < 1.29 is 33.6 Å². The first-order valence-corrected chi connectivity index (χ1v) is 10.6. The Morgan fingerprint density at radius 3 is 1.41 bits per heavy atom. The Balaban J connectivity index is 0. The highest BCUT2D eigenvalue weighted by Crippen LogP contribution is 2.26. The molecule has 0 unspecified atom stereocenters. The molecular formula is C13H32O7P2. The summed E-state index contributed by atoms with van der Waals surface area (Å²) < 4.78 is 13.6. The number of hydrogen-bond donors (Lipinski definition) is 5. The fraction of sp³-hybridized carbons (Fsp3) is 1.00. The number of rotatable bonds is 13. The summed E-state index contributed by atoms with van der Waals surface area (Å²) >= 11 is 0. The Morgan fingerprint density at radius 1 is 0.773 bits per heavy atom. The molecule has 0 aromatic rings. The average molecular weight is 362 g/mol. The fourth-order valence-electron chi connectivity index (χ4n) is 1.91. The first-order valence-electron chi connectivity index (χ1n) is 7.86. The van der Waals surface area contributed by atoms with Crippen molar-refractivity contribution in [1.82, 2.24) is 0 Å². The Morgan fingerprint density at radius 2 is 1.09 bits per heavy atom. The monoisotopic (exact) mass is 362 g/mol. The minimum absolute atomic E-state index is 0.482. The van der Waals surface area contributed by atoms with Crippen LogP contribution in [0.4, 0.5) is 0 Å². The van der Waals surface area contributed by atoms with E-state index in [1.54, 1.807) is 0 Å². The first kappa shape index (κ1) is 24.7. The van der Waals surface area contributed by atoms with E-state index >= 15 is 0 Å². The summed E-state index contributed by atoms with van der Waals surface area (Å²) in [7, 11) is -6.78. The summed E-state index contributed by atoms with van der Waals surface area (Å²) in [6, 6.07) is 0. The van der Waals surface area contributed by atoms with Crippen LogP contribution in [0.2, 0.25) is 0 Å². The van der Waals surface area contributed by atoms with Gasteiger partial charge in [-0.25, -0.2) is 4.57 Å². The van der Waals surface area contributed by atoms with Gasteiger partial charge in [-0.2, -0.15) is 0 Å². The van der Waals surface area contributed by atoms with Crippen LogP contribution in [0.3, 0.4) is 0 Å². The maximum atomic E-state index is 8.88. The molecule has 7 nitrogen and oxygen atoms in total. The van der Waals surface area contributed by atoms with Gasteiger partial charge < -0.3 is 29.0 Å². The predicted molar refractivity (Wildman–Crippen MR) is 88.0 cm³/mol. The molecule has 0 aromatic carbocycles. The topological polar surface area (TPSA) is 127 Å². The third-order valence-electron chi connectivity index (χ3n) is 2.95. The van der Waals surface area contributed by atoms with Crippen LogP contribution in [0.15, 0.2) is 0 Å². The molecule has 0 aliphatic rings. The Labute approximate surface area is 135 Å². The quantitative estimate of drug-likeness (QED) is 0.250. The molecule has 9 heteroatoms. The molecule has 0 saturated heterocycles. The van der Waals surface area contributed by atoms with Crippen LogP contribution in [-0.2, 0) is 9.09 Å². The Kier molecular flexibility index (Phi) is 19.9. The van der Waals surface area contributed by atoms with Crippen LogP contribution in [0, 0.1) is 0 Å². The summed E-state index contributed by atoms with van der Waals surface area (Å²) in [5.41, 5.74) is 0. The van der Waals surface area contributed by atoms with Gasteiger partial charge in [0.2, 0.25) is 0 Å². The summed E-state index contributed by atoms with van der Waals surface area (Å²) in [5, 5.41) is 0. The van der Waals surface area contributed by atoms with Gasteiger partial charge in [0.15, 0.2) is 0 Å². The molecule has 0 aliphatic carbocycles. The first-order chi connectivity index (χ1) is 10.3. The van der Waals surface area contributed by atoms with Crippen molar-refractivity contribution in [3.05, 3.63) is 0 Å². The van der Waals surface area contributed by atoms with E-state index in [0.717, 1.165) is 12.8 Å². The lowest BCUT2D eigenvalue weighted by molar-refractivity contribution is 0.248. The Bertz CT molecular complexity index is 251. The van der Waals surface area contributed by atoms with Crippen LogP contribution < -0.4 is 0 Å². The van der Waals surface area contributed by atoms with E-state index in [-0.39, 0.29) is 0 Å². The van der Waals surface area contributed by atoms with E-state index in [9.17, 15) is 0 Å². The van der Waals surface area contributed by atoms with Crippen molar-refractivity contribution in [2.24, 2.45) is 0 Å². The maximum absolute atomic E-state index is 8.88. The molecular weight excluding hydrogens is 330 g/mol. The highest BCUT2D eigenvalue weighted by atomic mass is 31.2. The highest BCUT2D eigenvalue weighted by Gasteiger charge is 2.00. The molecule has 0 bridgehead atoms. The van der Waals surface area contributed by atoms with E-state index in [1.807, 2.05) is 0 Å². The average Bonchev–Trinajstić information content (AvgIpc) is 2.38. The van der Waals surface area contributed by atoms with Gasteiger partial charge in [0.1, 0.15) is 0 Å². The third kappa shape index (κ3) is 37.0. The van der Waals surface area contributed by atoms with Gasteiger partial charge in [-0.15, -0.1) is 0 Å². The van der Waals surface area contributed by atoms with E-state index < -0.39 is 16.4 Å². The number of unbranched alkanes of at least 4 members (excludes halogenated alkanes) is 10. The molecule has 0 atom stereocenters. The van der Waals surface area contributed by atoms with Crippen LogP contribution in [-0.4, -0.2) is 31.1 Å². The molecule has 0 spiro atoms. The summed E-state index contributed by atoms with van der Waals surface area (Å²) in [5.74, 6) is 0. The van der Waals surface area contributed by atoms with Crippen LogP contribution in [0.5, 0.6) is 0 Å². The molecule has 5 N–H and O–H groups in total. The molecule has 0 aromatic heterocycles. The molecule has 0 aliphatic heterocycles. The SMILES string of the molecule is CCCCCCCCCCCCCOP(O)O.O=P(O)(O)O. The second-order valence-corrected chi connectivity index (χ2v) is 6.93. The van der Waals surface area contributed by atoms with Crippen molar-refractivity contribution in [2.45, 2.75) is 77.6 Å². The number of phosphoric acid groups is 1. The maximum Gasteiger partial charge on any atom is 0.466 e. The van der Waals surface area contributed by atoms with Crippen LogP contribution in [0.25, 0.3) is 0 Å². The number of hydrogen-bond acceptors (Lipinski definition) is 4. The smallest absolute Gasteiger partial charge is 0.328 e. The largest absolute Gasteiger partial charge is 0.466 e. The second kappa shape index (κ2) is 17.8. The predicted octanol–water partition coefficient (Wildman–Crippen LogP) is 3.60. The van der Waals surface area contributed by atoms with Crippen molar-refractivity contribution in [3.63, 3.8) is 0 Å². The van der Waals surface area contributed by atoms with Gasteiger partial charge in [-0.1, -0.05) is 71.1 Å². The molecule has 0 amide bonds. The Hall–Kier alpha value is 0.420. The summed E-state index contributed by atoms with van der Waals surface area (Å²) in [6.45, 7) is 2.73. The van der Waals surface area contributed by atoms with Crippen molar-refractivity contribution in [3.8, 4) is 0 Å². The summed E-state index contributed by atoms with van der Waals surface area (Å²) in [4.78, 5) is 38.6. The minimum Gasteiger partial charge on any atom is -0.328 e. The van der Waals surface area contributed by atoms with Gasteiger partial charge in [0.05, 0.1) is 6.61 Å². The van der Waals surface area contributed by atoms with Gasteiger partial charge in [-0.05, 0) is 6.42 Å². The van der Waals surface area contributed by atoms with Crippen molar-refractivity contribution in [2.75, 3.05) is 6.61 Å². The molecule has 0 saturated carbocycles. The van der Waals surface area contributed by atoms with Crippen LogP contribution in [0.1, 0.15) is 77.6 Å². The van der Waals surface area contributed by atoms with Gasteiger partial charge >= 0.3 is 16.4 Å². The molecule has 136 valence electrons. The lowest BCUT2D eigenvalue weighted by Crippen LogP contribution is -1.89.